The third kappa shape index (κ3) is 4.10. The molecule has 1 saturated heterocycles. The van der Waals surface area contributed by atoms with Crippen LogP contribution >= 0.6 is 0 Å². The van der Waals surface area contributed by atoms with Crippen LogP contribution < -0.4 is 10.1 Å². The van der Waals surface area contributed by atoms with E-state index in [4.69, 9.17) is 9.47 Å². The van der Waals surface area contributed by atoms with Crippen molar-refractivity contribution in [2.45, 2.75) is 19.9 Å². The van der Waals surface area contributed by atoms with Gasteiger partial charge < -0.3 is 14.8 Å². The maximum atomic E-state index is 11.2. The summed E-state index contributed by atoms with van der Waals surface area (Å²) in [6.07, 6.45) is 2.32. The van der Waals surface area contributed by atoms with Crippen molar-refractivity contribution in [1.82, 2.24) is 5.32 Å². The Morgan fingerprint density at radius 1 is 1.60 bits per heavy atom. The van der Waals surface area contributed by atoms with Gasteiger partial charge in [-0.1, -0.05) is 18.7 Å². The number of amides is 1. The van der Waals surface area contributed by atoms with Crippen LogP contribution in [0, 0.1) is 12.8 Å². The molecule has 2 rings (SSSR count). The number of ether oxygens (including phenoxy) is 2. The van der Waals surface area contributed by atoms with E-state index in [1.54, 1.807) is 0 Å². The molecule has 1 heterocycles. The van der Waals surface area contributed by atoms with Crippen molar-refractivity contribution in [3.8, 4) is 5.75 Å². The smallest absolute Gasteiger partial charge is 0.243 e. The Bertz CT molecular complexity index is 479. The van der Waals surface area contributed by atoms with Gasteiger partial charge in [0.05, 0.1) is 13.2 Å². The predicted molar refractivity (Wildman–Crippen MR) is 77.6 cm³/mol. The van der Waals surface area contributed by atoms with Crippen molar-refractivity contribution >= 4 is 5.91 Å². The summed E-state index contributed by atoms with van der Waals surface area (Å²) in [6.45, 7) is 8.17. The first-order valence-electron chi connectivity index (χ1n) is 6.89. The zero-order valence-electron chi connectivity index (χ0n) is 11.9. The molecule has 1 atom stereocenters. The maximum absolute atomic E-state index is 11.2. The Morgan fingerprint density at radius 2 is 2.45 bits per heavy atom. The number of hydrogen-bond acceptors (Lipinski definition) is 3. The van der Waals surface area contributed by atoms with Crippen LogP contribution in [0.3, 0.4) is 0 Å². The molecule has 4 nitrogen and oxygen atoms in total. The van der Waals surface area contributed by atoms with E-state index in [0.29, 0.717) is 19.1 Å². The minimum absolute atomic E-state index is 0.180. The molecule has 1 amide bonds. The van der Waals surface area contributed by atoms with Crippen molar-refractivity contribution in [2.24, 2.45) is 5.92 Å². The molecule has 108 valence electrons. The summed E-state index contributed by atoms with van der Waals surface area (Å²) in [5.41, 5.74) is 2.12. The standard InChI is InChI=1S/C16H21NO3/c1-3-16(18)17-9-14-5-4-12(2)8-15(14)20-11-13-6-7-19-10-13/h3-5,8,13H,1,6-7,9-11H2,2H3,(H,17,18). The fourth-order valence-corrected chi connectivity index (χ4v) is 2.12. The highest BCUT2D eigenvalue weighted by Crippen LogP contribution is 2.22. The van der Waals surface area contributed by atoms with Gasteiger partial charge in [0.2, 0.25) is 5.91 Å². The number of benzene rings is 1. The zero-order valence-corrected chi connectivity index (χ0v) is 11.9. The summed E-state index contributed by atoms with van der Waals surface area (Å²) in [6, 6.07) is 6.01. The molecule has 0 saturated carbocycles. The van der Waals surface area contributed by atoms with Crippen molar-refractivity contribution in [3.05, 3.63) is 42.0 Å². The number of carbonyl (C=O) groups is 1. The summed E-state index contributed by atoms with van der Waals surface area (Å²) in [5.74, 6) is 1.12. The summed E-state index contributed by atoms with van der Waals surface area (Å²) in [5, 5.41) is 2.77. The summed E-state index contributed by atoms with van der Waals surface area (Å²) >= 11 is 0. The first kappa shape index (κ1) is 14.6. The first-order chi connectivity index (χ1) is 9.69. The second kappa shape index (κ2) is 7.10. The Hall–Kier alpha value is -1.81. The Morgan fingerprint density at radius 3 is 3.15 bits per heavy atom. The Balaban J connectivity index is 1.98. The van der Waals surface area contributed by atoms with E-state index in [1.165, 1.54) is 6.08 Å². The van der Waals surface area contributed by atoms with E-state index < -0.39 is 0 Å². The van der Waals surface area contributed by atoms with Gasteiger partial charge in [0.25, 0.3) is 0 Å². The largest absolute Gasteiger partial charge is 0.493 e. The van der Waals surface area contributed by atoms with Gasteiger partial charge in [-0.3, -0.25) is 4.79 Å². The molecule has 0 bridgehead atoms. The van der Waals surface area contributed by atoms with Gasteiger partial charge in [-0.15, -0.1) is 0 Å². The Kier molecular flexibility index (Phi) is 5.18. The van der Waals surface area contributed by atoms with Crippen LogP contribution in [0.15, 0.2) is 30.9 Å². The van der Waals surface area contributed by atoms with E-state index >= 15 is 0 Å². The van der Waals surface area contributed by atoms with Gasteiger partial charge in [0, 0.05) is 24.6 Å². The van der Waals surface area contributed by atoms with E-state index in [0.717, 1.165) is 36.5 Å². The van der Waals surface area contributed by atoms with E-state index in [-0.39, 0.29) is 5.91 Å². The third-order valence-electron chi connectivity index (χ3n) is 3.36. The summed E-state index contributed by atoms with van der Waals surface area (Å²) < 4.78 is 11.3. The molecule has 1 N–H and O–H groups in total. The minimum atomic E-state index is -0.180. The number of carbonyl (C=O) groups excluding carboxylic acids is 1. The number of nitrogens with one attached hydrogen (secondary N) is 1. The van der Waals surface area contributed by atoms with E-state index in [1.807, 2.05) is 25.1 Å². The monoisotopic (exact) mass is 275 g/mol. The molecule has 20 heavy (non-hydrogen) atoms. The van der Waals surface area contributed by atoms with Crippen LogP contribution in [0.2, 0.25) is 0 Å². The van der Waals surface area contributed by atoms with Gasteiger partial charge in [-0.2, -0.15) is 0 Å². The molecular formula is C16H21NO3. The molecular weight excluding hydrogens is 254 g/mol. The average molecular weight is 275 g/mol. The molecule has 0 spiro atoms. The molecule has 0 aliphatic carbocycles. The molecule has 1 unspecified atom stereocenters. The number of rotatable bonds is 6. The third-order valence-corrected chi connectivity index (χ3v) is 3.36. The number of aryl methyl sites for hydroxylation is 1. The first-order valence-corrected chi connectivity index (χ1v) is 6.89. The lowest BCUT2D eigenvalue weighted by Crippen LogP contribution is -2.21. The molecule has 1 aromatic rings. The highest BCUT2D eigenvalue weighted by molar-refractivity contribution is 5.86. The molecule has 1 aliphatic heterocycles. The molecule has 1 aliphatic rings. The summed E-state index contributed by atoms with van der Waals surface area (Å²) in [4.78, 5) is 11.2. The quantitative estimate of drug-likeness (QED) is 0.810. The molecule has 4 heteroatoms. The van der Waals surface area contributed by atoms with Crippen LogP contribution in [-0.2, 0) is 16.1 Å². The van der Waals surface area contributed by atoms with Gasteiger partial charge in [0.15, 0.2) is 0 Å². The van der Waals surface area contributed by atoms with Crippen LogP contribution in [0.4, 0.5) is 0 Å². The van der Waals surface area contributed by atoms with Gasteiger partial charge in [0.1, 0.15) is 5.75 Å². The lowest BCUT2D eigenvalue weighted by molar-refractivity contribution is -0.116. The van der Waals surface area contributed by atoms with Crippen LogP contribution in [0.1, 0.15) is 17.5 Å². The van der Waals surface area contributed by atoms with Gasteiger partial charge >= 0.3 is 0 Å². The van der Waals surface area contributed by atoms with Crippen LogP contribution in [-0.4, -0.2) is 25.7 Å². The predicted octanol–water partition coefficient (Wildman–Crippen LogP) is 2.21. The average Bonchev–Trinajstić information content (AvgIpc) is 2.97. The zero-order chi connectivity index (χ0) is 14.4. The minimum Gasteiger partial charge on any atom is -0.493 e. The second-order valence-corrected chi connectivity index (χ2v) is 5.07. The SMILES string of the molecule is C=CC(=O)NCc1ccc(C)cc1OCC1CCOC1. The highest BCUT2D eigenvalue weighted by atomic mass is 16.5. The molecule has 1 aromatic carbocycles. The second-order valence-electron chi connectivity index (χ2n) is 5.07. The summed E-state index contributed by atoms with van der Waals surface area (Å²) in [7, 11) is 0. The molecule has 0 aromatic heterocycles. The Labute approximate surface area is 119 Å². The fraction of sp³-hybridized carbons (Fsp3) is 0.438. The van der Waals surface area contributed by atoms with Crippen LogP contribution in [0.5, 0.6) is 5.75 Å². The van der Waals surface area contributed by atoms with Crippen molar-refractivity contribution < 1.29 is 14.3 Å². The van der Waals surface area contributed by atoms with Gasteiger partial charge in [-0.05, 0) is 31.1 Å². The number of hydrogen-bond donors (Lipinski definition) is 1. The lowest BCUT2D eigenvalue weighted by atomic mass is 10.1. The highest BCUT2D eigenvalue weighted by Gasteiger charge is 2.17. The fourth-order valence-electron chi connectivity index (χ4n) is 2.12. The maximum Gasteiger partial charge on any atom is 0.243 e. The normalized spacial score (nSPS) is 17.8. The van der Waals surface area contributed by atoms with Crippen molar-refractivity contribution in [2.75, 3.05) is 19.8 Å². The topological polar surface area (TPSA) is 47.6 Å². The molecule has 1 fully saturated rings. The molecule has 0 radical (unpaired) electrons. The van der Waals surface area contributed by atoms with Crippen molar-refractivity contribution in [3.63, 3.8) is 0 Å². The van der Waals surface area contributed by atoms with Gasteiger partial charge in [-0.25, -0.2) is 0 Å². The van der Waals surface area contributed by atoms with E-state index in [2.05, 4.69) is 11.9 Å². The van der Waals surface area contributed by atoms with E-state index in [9.17, 15) is 4.79 Å². The lowest BCUT2D eigenvalue weighted by Gasteiger charge is -2.15. The van der Waals surface area contributed by atoms with Crippen molar-refractivity contribution in [1.29, 1.82) is 0 Å². The van der Waals surface area contributed by atoms with Crippen LogP contribution in [0.25, 0.3) is 0 Å².